The molecule has 0 unspecified atom stereocenters. The van der Waals surface area contributed by atoms with Gasteiger partial charge in [-0.15, -0.1) is 5.10 Å². The Bertz CT molecular complexity index is 1340. The Morgan fingerprint density at radius 3 is 2.79 bits per heavy atom. The van der Waals surface area contributed by atoms with Crippen molar-refractivity contribution in [3.8, 4) is 11.5 Å². The number of ether oxygens (including phenoxy) is 1. The number of halogens is 2. The molecule has 10 nitrogen and oxygen atoms in total. The smallest absolute Gasteiger partial charge is 0.325 e. The van der Waals surface area contributed by atoms with Gasteiger partial charge in [-0.25, -0.2) is 23.3 Å². The predicted octanol–water partition coefficient (Wildman–Crippen LogP) is 3.16. The van der Waals surface area contributed by atoms with Gasteiger partial charge in [-0.05, 0) is 37.3 Å². The van der Waals surface area contributed by atoms with Crippen molar-refractivity contribution in [1.29, 1.82) is 0 Å². The molecular formula is C22H19F2N7O3. The van der Waals surface area contributed by atoms with Crippen LogP contribution in [-0.2, 0) is 9.53 Å². The van der Waals surface area contributed by atoms with Crippen LogP contribution in [0, 0.1) is 0 Å². The van der Waals surface area contributed by atoms with E-state index in [2.05, 4.69) is 30.7 Å². The monoisotopic (exact) mass is 467 g/mol. The summed E-state index contributed by atoms with van der Waals surface area (Å²) in [5.41, 5.74) is 0.868. The molecular weight excluding hydrogens is 448 g/mol. The third-order valence-corrected chi connectivity index (χ3v) is 4.63. The number of amides is 1. The highest BCUT2D eigenvalue weighted by molar-refractivity contribution is 6.01. The Labute approximate surface area is 192 Å². The number of hydrogen-bond acceptors (Lipinski definition) is 8. The lowest BCUT2D eigenvalue weighted by Gasteiger charge is -2.13. The number of esters is 1. The molecule has 0 aromatic carbocycles. The van der Waals surface area contributed by atoms with Crippen molar-refractivity contribution >= 4 is 28.9 Å². The van der Waals surface area contributed by atoms with Gasteiger partial charge >= 0.3 is 5.97 Å². The molecule has 0 aliphatic heterocycles. The number of fused-ring (bicyclic) bond motifs is 1. The maximum Gasteiger partial charge on any atom is 0.325 e. The van der Waals surface area contributed by atoms with Crippen LogP contribution in [0.1, 0.15) is 29.4 Å². The zero-order valence-electron chi connectivity index (χ0n) is 17.9. The molecule has 0 saturated carbocycles. The molecule has 4 aromatic rings. The van der Waals surface area contributed by atoms with Gasteiger partial charge in [0.15, 0.2) is 5.82 Å². The second-order valence-corrected chi connectivity index (χ2v) is 6.90. The number of nitrogens with one attached hydrogen (secondary N) is 2. The van der Waals surface area contributed by atoms with E-state index in [1.54, 1.807) is 31.3 Å². The van der Waals surface area contributed by atoms with E-state index in [-0.39, 0.29) is 30.2 Å². The second kappa shape index (κ2) is 9.98. The van der Waals surface area contributed by atoms with Gasteiger partial charge in [-0.3, -0.25) is 14.6 Å². The number of nitrogens with zero attached hydrogens (tertiary/aromatic N) is 5. The van der Waals surface area contributed by atoms with Crippen LogP contribution in [-0.4, -0.2) is 49.6 Å². The summed E-state index contributed by atoms with van der Waals surface area (Å²) in [7, 11) is 0. The average molecular weight is 467 g/mol. The van der Waals surface area contributed by atoms with E-state index in [9.17, 15) is 18.4 Å². The Kier molecular flexibility index (Phi) is 6.67. The molecule has 4 rings (SSSR count). The Morgan fingerprint density at radius 2 is 2.00 bits per heavy atom. The van der Waals surface area contributed by atoms with Crippen molar-refractivity contribution in [2.24, 2.45) is 0 Å². The van der Waals surface area contributed by atoms with Crippen molar-refractivity contribution in [2.45, 2.75) is 13.3 Å². The summed E-state index contributed by atoms with van der Waals surface area (Å²) < 4.78 is 32.6. The molecule has 12 heteroatoms. The van der Waals surface area contributed by atoms with Gasteiger partial charge in [-0.1, -0.05) is 6.07 Å². The molecule has 0 aliphatic rings. The first-order valence-electron chi connectivity index (χ1n) is 10.2. The van der Waals surface area contributed by atoms with Gasteiger partial charge in [0, 0.05) is 18.6 Å². The summed E-state index contributed by atoms with van der Waals surface area (Å²) in [5, 5.41) is 9.91. The number of hydrogen-bond donors (Lipinski definition) is 2. The summed E-state index contributed by atoms with van der Waals surface area (Å²) in [4.78, 5) is 36.6. The quantitative estimate of drug-likeness (QED) is 0.379. The highest BCUT2D eigenvalue weighted by Crippen LogP contribution is 2.26. The SMILES string of the molecule is CCOC(=O)CNC(=O)c1cnccc1Nc1nc(-c2cccc(C(F)F)n2)nn2cccc12. The Hall–Kier alpha value is -4.48. The van der Waals surface area contributed by atoms with Crippen molar-refractivity contribution in [2.75, 3.05) is 18.5 Å². The van der Waals surface area contributed by atoms with E-state index in [4.69, 9.17) is 4.74 Å². The van der Waals surface area contributed by atoms with Gasteiger partial charge in [-0.2, -0.15) is 0 Å². The second-order valence-electron chi connectivity index (χ2n) is 6.90. The largest absolute Gasteiger partial charge is 0.465 e. The minimum absolute atomic E-state index is 0.107. The molecule has 0 atom stereocenters. The molecule has 4 heterocycles. The molecule has 1 amide bonds. The Morgan fingerprint density at radius 1 is 1.15 bits per heavy atom. The lowest BCUT2D eigenvalue weighted by Crippen LogP contribution is -2.31. The fourth-order valence-electron chi connectivity index (χ4n) is 3.10. The van der Waals surface area contributed by atoms with Crippen molar-refractivity contribution in [1.82, 2.24) is 29.9 Å². The van der Waals surface area contributed by atoms with Crippen LogP contribution in [0.2, 0.25) is 0 Å². The molecule has 34 heavy (non-hydrogen) atoms. The van der Waals surface area contributed by atoms with Crippen LogP contribution in [0.5, 0.6) is 0 Å². The fourth-order valence-corrected chi connectivity index (χ4v) is 3.10. The molecule has 0 saturated heterocycles. The first-order chi connectivity index (χ1) is 16.5. The number of carbonyl (C=O) groups is 2. The maximum absolute atomic E-state index is 13.1. The van der Waals surface area contributed by atoms with E-state index >= 15 is 0 Å². The molecule has 0 spiro atoms. The van der Waals surface area contributed by atoms with Crippen LogP contribution in [0.3, 0.4) is 0 Å². The van der Waals surface area contributed by atoms with Crippen LogP contribution in [0.4, 0.5) is 20.3 Å². The standard InChI is InChI=1S/C22H19F2N7O3/c1-2-34-18(32)12-26-22(33)13-11-25-9-8-14(13)28-21-17-7-4-10-31(17)30-20(29-21)16-6-3-5-15(27-16)19(23)24/h3-11,19H,2,12H2,1H3,(H,26,33)(H,25,28,29,30). The molecule has 0 radical (unpaired) electrons. The van der Waals surface area contributed by atoms with Gasteiger partial charge in [0.25, 0.3) is 12.3 Å². The number of rotatable bonds is 8. The fraction of sp³-hybridized carbons (Fsp3) is 0.182. The molecule has 0 bridgehead atoms. The third kappa shape index (κ3) is 4.95. The number of pyridine rings is 2. The minimum atomic E-state index is -2.74. The average Bonchev–Trinajstić information content (AvgIpc) is 3.32. The van der Waals surface area contributed by atoms with Crippen molar-refractivity contribution < 1.29 is 23.1 Å². The Balaban J connectivity index is 1.67. The highest BCUT2D eigenvalue weighted by atomic mass is 19.3. The van der Waals surface area contributed by atoms with E-state index in [0.717, 1.165) is 0 Å². The van der Waals surface area contributed by atoms with Gasteiger partial charge in [0.05, 0.1) is 17.9 Å². The van der Waals surface area contributed by atoms with E-state index in [1.807, 2.05) is 0 Å². The zero-order chi connectivity index (χ0) is 24.1. The lowest BCUT2D eigenvalue weighted by atomic mass is 10.2. The number of anilines is 2. The first-order valence-corrected chi connectivity index (χ1v) is 10.2. The topological polar surface area (TPSA) is 123 Å². The molecule has 4 aromatic heterocycles. The summed E-state index contributed by atoms with van der Waals surface area (Å²) in [6, 6.07) is 9.25. The zero-order valence-corrected chi connectivity index (χ0v) is 17.9. The van der Waals surface area contributed by atoms with Crippen LogP contribution in [0.25, 0.3) is 17.0 Å². The van der Waals surface area contributed by atoms with Gasteiger partial charge in [0.1, 0.15) is 23.4 Å². The van der Waals surface area contributed by atoms with Crippen LogP contribution >= 0.6 is 0 Å². The van der Waals surface area contributed by atoms with E-state index < -0.39 is 24.0 Å². The minimum Gasteiger partial charge on any atom is -0.465 e. The lowest BCUT2D eigenvalue weighted by molar-refractivity contribution is -0.141. The highest BCUT2D eigenvalue weighted by Gasteiger charge is 2.17. The van der Waals surface area contributed by atoms with Gasteiger partial charge < -0.3 is 15.4 Å². The summed E-state index contributed by atoms with van der Waals surface area (Å²) in [5.74, 6) is -0.695. The first kappa shape index (κ1) is 22.7. The van der Waals surface area contributed by atoms with Crippen LogP contribution < -0.4 is 10.6 Å². The summed E-state index contributed by atoms with van der Waals surface area (Å²) in [6.07, 6.45) is 1.76. The van der Waals surface area contributed by atoms with Gasteiger partial charge in [0.2, 0.25) is 5.82 Å². The van der Waals surface area contributed by atoms with Crippen LogP contribution in [0.15, 0.2) is 55.0 Å². The molecule has 0 aliphatic carbocycles. The number of alkyl halides is 2. The van der Waals surface area contributed by atoms with Crippen molar-refractivity contribution in [3.63, 3.8) is 0 Å². The maximum atomic E-state index is 13.1. The molecule has 2 N–H and O–H groups in total. The van der Waals surface area contributed by atoms with E-state index in [0.29, 0.717) is 17.0 Å². The van der Waals surface area contributed by atoms with E-state index in [1.165, 1.54) is 35.1 Å². The number of aromatic nitrogens is 5. The molecule has 174 valence electrons. The van der Waals surface area contributed by atoms with Crippen molar-refractivity contribution in [3.05, 3.63) is 66.2 Å². The summed E-state index contributed by atoms with van der Waals surface area (Å²) in [6.45, 7) is 1.57. The normalized spacial score (nSPS) is 10.9. The summed E-state index contributed by atoms with van der Waals surface area (Å²) >= 11 is 0. The molecule has 0 fully saturated rings. The number of carbonyl (C=O) groups excluding carboxylic acids is 2. The third-order valence-electron chi connectivity index (χ3n) is 4.63. The predicted molar refractivity (Wildman–Crippen MR) is 118 cm³/mol.